The highest BCUT2D eigenvalue weighted by molar-refractivity contribution is 5.78. The number of methoxy groups -OCH3 is 1. The minimum absolute atomic E-state index is 0.00402. The lowest BCUT2D eigenvalue weighted by Gasteiger charge is -2.33. The first-order valence-electron chi connectivity index (χ1n) is 8.46. The molecule has 2 aliphatic heterocycles. The molecule has 1 aromatic rings. The lowest BCUT2D eigenvalue weighted by atomic mass is 9.96. The maximum atomic E-state index is 12.4. The number of likely N-dealkylation sites (tertiary alicyclic amines) is 1. The molecule has 1 aromatic carbocycles. The number of hydrogen-bond donors (Lipinski definition) is 0. The van der Waals surface area contributed by atoms with Crippen molar-refractivity contribution in [2.24, 2.45) is 5.92 Å². The molecule has 0 saturated carbocycles. The van der Waals surface area contributed by atoms with E-state index in [4.69, 9.17) is 18.9 Å². The third kappa shape index (κ3) is 3.99. The van der Waals surface area contributed by atoms with Crippen LogP contribution in [0.4, 0.5) is 0 Å². The second-order valence-corrected chi connectivity index (χ2v) is 6.27. The summed E-state index contributed by atoms with van der Waals surface area (Å²) in [6.45, 7) is 4.81. The van der Waals surface area contributed by atoms with E-state index in [2.05, 4.69) is 0 Å². The fraction of sp³-hybridized carbons (Fsp3) is 0.611. The summed E-state index contributed by atoms with van der Waals surface area (Å²) in [6, 6.07) is 5.67. The van der Waals surface area contributed by atoms with Gasteiger partial charge in [-0.15, -0.1) is 0 Å². The minimum Gasteiger partial charge on any atom is -0.493 e. The summed E-state index contributed by atoms with van der Waals surface area (Å²) < 4.78 is 22.1. The third-order valence-electron chi connectivity index (χ3n) is 4.60. The molecule has 2 aliphatic rings. The van der Waals surface area contributed by atoms with Crippen LogP contribution in [0.2, 0.25) is 0 Å². The summed E-state index contributed by atoms with van der Waals surface area (Å²) in [7, 11) is 1.60. The molecule has 1 amide bonds. The van der Waals surface area contributed by atoms with Crippen molar-refractivity contribution in [3.63, 3.8) is 0 Å². The second kappa shape index (κ2) is 7.85. The fourth-order valence-electron chi connectivity index (χ4n) is 3.19. The van der Waals surface area contributed by atoms with Crippen molar-refractivity contribution in [3.05, 3.63) is 23.8 Å². The molecule has 2 fully saturated rings. The predicted octanol–water partition coefficient (Wildman–Crippen LogP) is 1.99. The van der Waals surface area contributed by atoms with Gasteiger partial charge in [-0.3, -0.25) is 4.79 Å². The van der Waals surface area contributed by atoms with Gasteiger partial charge in [0, 0.05) is 19.0 Å². The van der Waals surface area contributed by atoms with E-state index in [1.807, 2.05) is 30.0 Å². The van der Waals surface area contributed by atoms with Crippen LogP contribution in [0, 0.1) is 12.8 Å². The molecule has 0 bridgehead atoms. The summed E-state index contributed by atoms with van der Waals surface area (Å²) in [5.74, 6) is 1.63. The summed E-state index contributed by atoms with van der Waals surface area (Å²) in [4.78, 5) is 14.2. The molecule has 0 spiro atoms. The Kier molecular flexibility index (Phi) is 5.58. The molecule has 0 radical (unpaired) electrons. The van der Waals surface area contributed by atoms with Gasteiger partial charge in [-0.05, 0) is 37.5 Å². The Morgan fingerprint density at radius 3 is 2.58 bits per heavy atom. The number of hydrogen-bond acceptors (Lipinski definition) is 5. The number of nitrogens with zero attached hydrogens (tertiary/aromatic N) is 1. The summed E-state index contributed by atoms with van der Waals surface area (Å²) in [5.41, 5.74) is 1.09. The molecule has 0 N–H and O–H groups in total. The Balaban J connectivity index is 1.47. The predicted molar refractivity (Wildman–Crippen MR) is 88.2 cm³/mol. The Morgan fingerprint density at radius 1 is 1.21 bits per heavy atom. The van der Waals surface area contributed by atoms with Gasteiger partial charge in [-0.2, -0.15) is 0 Å². The number of aryl methyl sites for hydroxylation is 1. The number of rotatable bonds is 5. The van der Waals surface area contributed by atoms with Crippen molar-refractivity contribution in [2.75, 3.05) is 40.0 Å². The van der Waals surface area contributed by atoms with Crippen LogP contribution in [0.1, 0.15) is 18.4 Å². The molecular formula is C18H25NO5. The number of piperidine rings is 1. The van der Waals surface area contributed by atoms with Crippen LogP contribution >= 0.6 is 0 Å². The standard InChI is InChI=1S/C18H25NO5/c1-13-3-4-15(16(11-13)21-2)24-12-17(20)19-7-5-14(6-8-19)18-22-9-10-23-18/h3-4,11,14,18H,5-10,12H2,1-2H3. The molecule has 6 nitrogen and oxygen atoms in total. The van der Waals surface area contributed by atoms with Crippen molar-refractivity contribution in [3.8, 4) is 11.5 Å². The van der Waals surface area contributed by atoms with Crippen molar-refractivity contribution in [2.45, 2.75) is 26.1 Å². The Bertz CT molecular complexity index is 563. The van der Waals surface area contributed by atoms with Gasteiger partial charge in [0.1, 0.15) is 0 Å². The van der Waals surface area contributed by atoms with E-state index < -0.39 is 0 Å². The first-order valence-corrected chi connectivity index (χ1v) is 8.46. The van der Waals surface area contributed by atoms with Crippen LogP contribution in [0.5, 0.6) is 11.5 Å². The molecule has 24 heavy (non-hydrogen) atoms. The number of carbonyl (C=O) groups excluding carboxylic acids is 1. The number of benzene rings is 1. The van der Waals surface area contributed by atoms with Gasteiger partial charge in [-0.1, -0.05) is 6.07 Å². The Hall–Kier alpha value is -1.79. The molecule has 0 unspecified atom stereocenters. The summed E-state index contributed by atoms with van der Waals surface area (Å²) >= 11 is 0. The third-order valence-corrected chi connectivity index (χ3v) is 4.60. The second-order valence-electron chi connectivity index (χ2n) is 6.27. The first kappa shape index (κ1) is 17.0. The van der Waals surface area contributed by atoms with Gasteiger partial charge in [0.05, 0.1) is 20.3 Å². The van der Waals surface area contributed by atoms with Gasteiger partial charge in [0.2, 0.25) is 0 Å². The van der Waals surface area contributed by atoms with Gasteiger partial charge in [-0.25, -0.2) is 0 Å². The van der Waals surface area contributed by atoms with E-state index in [0.29, 0.717) is 30.6 Å². The number of ether oxygens (including phenoxy) is 4. The van der Waals surface area contributed by atoms with Crippen LogP contribution < -0.4 is 9.47 Å². The average molecular weight is 335 g/mol. The van der Waals surface area contributed by atoms with E-state index in [0.717, 1.165) is 31.5 Å². The van der Waals surface area contributed by atoms with E-state index >= 15 is 0 Å². The summed E-state index contributed by atoms with van der Waals surface area (Å²) in [6.07, 6.45) is 1.73. The van der Waals surface area contributed by atoms with Crippen molar-refractivity contribution >= 4 is 5.91 Å². The van der Waals surface area contributed by atoms with Gasteiger partial charge in [0.15, 0.2) is 24.4 Å². The maximum absolute atomic E-state index is 12.4. The van der Waals surface area contributed by atoms with Gasteiger partial charge in [0.25, 0.3) is 5.91 Å². The smallest absolute Gasteiger partial charge is 0.260 e. The summed E-state index contributed by atoms with van der Waals surface area (Å²) in [5, 5.41) is 0. The van der Waals surface area contributed by atoms with Crippen LogP contribution in [0.25, 0.3) is 0 Å². The molecule has 0 aliphatic carbocycles. The number of carbonyl (C=O) groups is 1. The highest BCUT2D eigenvalue weighted by Crippen LogP contribution is 2.28. The van der Waals surface area contributed by atoms with E-state index in [-0.39, 0.29) is 18.8 Å². The molecule has 3 rings (SSSR count). The quantitative estimate of drug-likeness (QED) is 0.824. The van der Waals surface area contributed by atoms with Crippen LogP contribution in [-0.2, 0) is 14.3 Å². The van der Waals surface area contributed by atoms with E-state index in [9.17, 15) is 4.79 Å². The van der Waals surface area contributed by atoms with E-state index in [1.165, 1.54) is 0 Å². The number of amides is 1. The van der Waals surface area contributed by atoms with E-state index in [1.54, 1.807) is 7.11 Å². The maximum Gasteiger partial charge on any atom is 0.260 e. The highest BCUT2D eigenvalue weighted by Gasteiger charge is 2.31. The highest BCUT2D eigenvalue weighted by atomic mass is 16.7. The molecule has 6 heteroatoms. The molecule has 0 atom stereocenters. The topological polar surface area (TPSA) is 57.2 Å². The van der Waals surface area contributed by atoms with Crippen LogP contribution in [0.15, 0.2) is 18.2 Å². The zero-order chi connectivity index (χ0) is 16.9. The van der Waals surface area contributed by atoms with Gasteiger partial charge < -0.3 is 23.8 Å². The van der Waals surface area contributed by atoms with Gasteiger partial charge >= 0.3 is 0 Å². The Labute approximate surface area is 142 Å². The minimum atomic E-state index is -0.0877. The zero-order valence-corrected chi connectivity index (χ0v) is 14.3. The normalized spacial score (nSPS) is 19.5. The van der Waals surface area contributed by atoms with Crippen LogP contribution in [-0.4, -0.2) is 57.1 Å². The zero-order valence-electron chi connectivity index (χ0n) is 14.3. The first-order chi connectivity index (χ1) is 11.7. The Morgan fingerprint density at radius 2 is 1.92 bits per heavy atom. The SMILES string of the molecule is COc1cc(C)ccc1OCC(=O)N1CCC(C2OCCO2)CC1. The van der Waals surface area contributed by atoms with Crippen molar-refractivity contribution < 1.29 is 23.7 Å². The average Bonchev–Trinajstić information content (AvgIpc) is 3.15. The largest absolute Gasteiger partial charge is 0.493 e. The lowest BCUT2D eigenvalue weighted by molar-refractivity contribution is -0.138. The molecule has 2 heterocycles. The lowest BCUT2D eigenvalue weighted by Crippen LogP contribution is -2.43. The molecular weight excluding hydrogens is 310 g/mol. The molecule has 132 valence electrons. The molecule has 0 aromatic heterocycles. The molecule has 2 saturated heterocycles. The van der Waals surface area contributed by atoms with Crippen molar-refractivity contribution in [1.82, 2.24) is 4.90 Å². The monoisotopic (exact) mass is 335 g/mol. The fourth-order valence-corrected chi connectivity index (χ4v) is 3.19. The van der Waals surface area contributed by atoms with Crippen LogP contribution in [0.3, 0.4) is 0 Å². The van der Waals surface area contributed by atoms with Crippen molar-refractivity contribution in [1.29, 1.82) is 0 Å².